The number of hydrogen-bond donors (Lipinski definition) is 2. The van der Waals surface area contributed by atoms with Gasteiger partial charge in [0.25, 0.3) is 5.91 Å². The maximum Gasteiger partial charge on any atom is 0.255 e. The predicted molar refractivity (Wildman–Crippen MR) is 105 cm³/mol. The van der Waals surface area contributed by atoms with Crippen LogP contribution in [0.5, 0.6) is 0 Å². The molecule has 0 aliphatic carbocycles. The Balaban J connectivity index is 1.79. The van der Waals surface area contributed by atoms with Gasteiger partial charge in [-0.25, -0.2) is 17.5 Å². The smallest absolute Gasteiger partial charge is 0.255 e. The van der Waals surface area contributed by atoms with E-state index in [1.165, 1.54) is 36.4 Å². The fourth-order valence-corrected chi connectivity index (χ4v) is 4.45. The normalized spacial score (nSPS) is 16.9. The van der Waals surface area contributed by atoms with Crippen LogP contribution in [0.15, 0.2) is 41.3 Å². The van der Waals surface area contributed by atoms with Gasteiger partial charge in [0, 0.05) is 24.4 Å². The lowest BCUT2D eigenvalue weighted by Gasteiger charge is -2.13. The number of ether oxygens (including phenoxy) is 1. The summed E-state index contributed by atoms with van der Waals surface area (Å²) < 4.78 is 46.5. The summed E-state index contributed by atoms with van der Waals surface area (Å²) in [6.45, 7) is 2.47. The molecule has 3 rings (SSSR count). The van der Waals surface area contributed by atoms with Gasteiger partial charge in [-0.1, -0.05) is 17.7 Å². The summed E-state index contributed by atoms with van der Waals surface area (Å²) in [6, 6.07) is 7.98. The van der Waals surface area contributed by atoms with Crippen LogP contribution in [0.4, 0.5) is 10.1 Å². The zero-order valence-electron chi connectivity index (χ0n) is 15.2. The van der Waals surface area contributed by atoms with Gasteiger partial charge in [0.15, 0.2) is 0 Å². The predicted octanol–water partition coefficient (Wildman–Crippen LogP) is 3.50. The summed E-state index contributed by atoms with van der Waals surface area (Å²) in [6.07, 6.45) is 1.50. The molecule has 2 aromatic rings. The zero-order chi connectivity index (χ0) is 20.3. The number of sulfonamides is 1. The van der Waals surface area contributed by atoms with Crippen LogP contribution in [0.1, 0.15) is 28.8 Å². The Morgan fingerprint density at radius 3 is 2.79 bits per heavy atom. The monoisotopic (exact) mass is 426 g/mol. The standard InChI is InChI=1S/C19H20ClFN2O4S/c1-12-4-6-14(21)10-17(12)23-19(24)13-5-7-16(20)18(9-13)28(25,26)22-11-15-3-2-8-27-15/h4-7,9-10,15,22H,2-3,8,11H2,1H3,(H,23,24). The zero-order valence-corrected chi connectivity index (χ0v) is 16.7. The largest absolute Gasteiger partial charge is 0.377 e. The van der Waals surface area contributed by atoms with E-state index in [0.29, 0.717) is 17.9 Å². The summed E-state index contributed by atoms with van der Waals surface area (Å²) in [5.74, 6) is -1.06. The van der Waals surface area contributed by atoms with Crippen LogP contribution in [0.25, 0.3) is 0 Å². The highest BCUT2D eigenvalue weighted by Gasteiger charge is 2.23. The first-order chi connectivity index (χ1) is 13.3. The van der Waals surface area contributed by atoms with Crippen molar-refractivity contribution in [3.63, 3.8) is 0 Å². The van der Waals surface area contributed by atoms with E-state index in [1.807, 2.05) is 0 Å². The number of halogens is 2. The molecule has 1 saturated heterocycles. The topological polar surface area (TPSA) is 84.5 Å². The Bertz CT molecular complexity index is 991. The van der Waals surface area contributed by atoms with Crippen LogP contribution in [0, 0.1) is 12.7 Å². The Labute approximate surface area is 168 Å². The summed E-state index contributed by atoms with van der Waals surface area (Å²) in [7, 11) is -3.92. The van der Waals surface area contributed by atoms with Gasteiger partial charge in [0.1, 0.15) is 10.7 Å². The van der Waals surface area contributed by atoms with E-state index < -0.39 is 21.7 Å². The molecule has 0 spiro atoms. The second kappa shape index (κ2) is 8.57. The third-order valence-electron chi connectivity index (χ3n) is 4.46. The number of carbonyl (C=O) groups excluding carboxylic acids is 1. The SMILES string of the molecule is Cc1ccc(F)cc1NC(=O)c1ccc(Cl)c(S(=O)(=O)NCC2CCCO2)c1. The van der Waals surface area contributed by atoms with Gasteiger partial charge in [-0.2, -0.15) is 0 Å². The Morgan fingerprint density at radius 2 is 2.07 bits per heavy atom. The maximum atomic E-state index is 13.4. The molecule has 0 radical (unpaired) electrons. The van der Waals surface area contributed by atoms with E-state index in [1.54, 1.807) is 6.92 Å². The molecular formula is C19H20ClFN2O4S. The highest BCUT2D eigenvalue weighted by Crippen LogP contribution is 2.24. The molecule has 1 heterocycles. The van der Waals surface area contributed by atoms with Gasteiger partial charge in [0.2, 0.25) is 10.0 Å². The number of aryl methyl sites for hydroxylation is 1. The van der Waals surface area contributed by atoms with Gasteiger partial charge >= 0.3 is 0 Å². The summed E-state index contributed by atoms with van der Waals surface area (Å²) in [5, 5.41) is 2.58. The fourth-order valence-electron chi connectivity index (χ4n) is 2.86. The molecule has 1 amide bonds. The highest BCUT2D eigenvalue weighted by molar-refractivity contribution is 7.89. The summed E-state index contributed by atoms with van der Waals surface area (Å²) in [5.41, 5.74) is 1.07. The maximum absolute atomic E-state index is 13.4. The molecule has 9 heteroatoms. The number of amides is 1. The number of carbonyl (C=O) groups is 1. The minimum Gasteiger partial charge on any atom is -0.377 e. The van der Waals surface area contributed by atoms with Crippen LogP contribution < -0.4 is 10.0 Å². The first-order valence-electron chi connectivity index (χ1n) is 8.74. The Kier molecular flexibility index (Phi) is 6.34. The molecule has 2 aromatic carbocycles. The molecule has 1 fully saturated rings. The van der Waals surface area contributed by atoms with Crippen molar-refractivity contribution in [1.82, 2.24) is 4.72 Å². The van der Waals surface area contributed by atoms with E-state index in [4.69, 9.17) is 16.3 Å². The van der Waals surface area contributed by atoms with Crippen LogP contribution >= 0.6 is 11.6 Å². The fraction of sp³-hybridized carbons (Fsp3) is 0.316. The van der Waals surface area contributed by atoms with Crippen molar-refractivity contribution in [2.45, 2.75) is 30.8 Å². The van der Waals surface area contributed by atoms with Crippen molar-refractivity contribution in [3.05, 3.63) is 58.4 Å². The lowest BCUT2D eigenvalue weighted by atomic mass is 10.1. The molecule has 1 aliphatic rings. The van der Waals surface area contributed by atoms with Crippen molar-refractivity contribution in [1.29, 1.82) is 0 Å². The molecule has 1 atom stereocenters. The average Bonchev–Trinajstić information content (AvgIpc) is 3.17. The van der Waals surface area contributed by atoms with Crippen molar-refractivity contribution in [2.75, 3.05) is 18.5 Å². The molecule has 1 unspecified atom stereocenters. The quantitative estimate of drug-likeness (QED) is 0.740. The van der Waals surface area contributed by atoms with E-state index in [2.05, 4.69) is 10.0 Å². The second-order valence-electron chi connectivity index (χ2n) is 6.55. The molecule has 28 heavy (non-hydrogen) atoms. The van der Waals surface area contributed by atoms with Crippen molar-refractivity contribution in [3.8, 4) is 0 Å². The molecular weight excluding hydrogens is 407 g/mol. The van der Waals surface area contributed by atoms with Crippen molar-refractivity contribution in [2.24, 2.45) is 0 Å². The minimum atomic E-state index is -3.92. The molecule has 0 aromatic heterocycles. The molecule has 0 saturated carbocycles. The molecule has 0 bridgehead atoms. The van der Waals surface area contributed by atoms with E-state index in [9.17, 15) is 17.6 Å². The highest BCUT2D eigenvalue weighted by atomic mass is 35.5. The summed E-state index contributed by atoms with van der Waals surface area (Å²) in [4.78, 5) is 12.3. The van der Waals surface area contributed by atoms with Gasteiger partial charge in [-0.15, -0.1) is 0 Å². The third-order valence-corrected chi connectivity index (χ3v) is 6.36. The Morgan fingerprint density at radius 1 is 1.29 bits per heavy atom. The number of benzene rings is 2. The Hall–Kier alpha value is -2.00. The molecule has 2 N–H and O–H groups in total. The molecule has 1 aliphatic heterocycles. The minimum absolute atomic E-state index is 0.00155. The van der Waals surface area contributed by atoms with Gasteiger partial charge in [0.05, 0.1) is 11.1 Å². The first kappa shape index (κ1) is 20.7. The van der Waals surface area contributed by atoms with Crippen molar-refractivity contribution < 1.29 is 22.3 Å². The van der Waals surface area contributed by atoms with Crippen LogP contribution in [0.2, 0.25) is 5.02 Å². The average molecular weight is 427 g/mol. The first-order valence-corrected chi connectivity index (χ1v) is 10.6. The van der Waals surface area contributed by atoms with Gasteiger partial charge in [-0.3, -0.25) is 4.79 Å². The number of hydrogen-bond acceptors (Lipinski definition) is 4. The number of rotatable bonds is 6. The van der Waals surface area contributed by atoms with Crippen LogP contribution in [0.3, 0.4) is 0 Å². The van der Waals surface area contributed by atoms with E-state index >= 15 is 0 Å². The lowest BCUT2D eigenvalue weighted by Crippen LogP contribution is -2.32. The third kappa shape index (κ3) is 4.88. The van der Waals surface area contributed by atoms with E-state index in [0.717, 1.165) is 12.8 Å². The number of anilines is 1. The second-order valence-corrected chi connectivity index (χ2v) is 8.69. The van der Waals surface area contributed by atoms with Gasteiger partial charge in [-0.05, 0) is 55.7 Å². The number of nitrogens with one attached hydrogen (secondary N) is 2. The molecule has 6 nitrogen and oxygen atoms in total. The van der Waals surface area contributed by atoms with Crippen LogP contribution in [-0.2, 0) is 14.8 Å². The van der Waals surface area contributed by atoms with Crippen molar-refractivity contribution >= 4 is 33.2 Å². The summed E-state index contributed by atoms with van der Waals surface area (Å²) >= 11 is 6.06. The van der Waals surface area contributed by atoms with E-state index in [-0.39, 0.29) is 28.1 Å². The molecule has 150 valence electrons. The lowest BCUT2D eigenvalue weighted by molar-refractivity contribution is 0.102. The van der Waals surface area contributed by atoms with Crippen LogP contribution in [-0.4, -0.2) is 33.6 Å². The van der Waals surface area contributed by atoms with Gasteiger partial charge < -0.3 is 10.1 Å².